The fourth-order valence-electron chi connectivity index (χ4n) is 1.61. The Hall–Kier alpha value is -2.43. The third kappa shape index (κ3) is 2.63. The largest absolute Gasteiger partial charge is 0.508 e. The molecule has 5 nitrogen and oxygen atoms in total. The quantitative estimate of drug-likeness (QED) is 0.867. The molecular formula is C13H13NO4. The normalized spacial score (nSPS) is 10.3. The van der Waals surface area contributed by atoms with Crippen LogP contribution in [0.5, 0.6) is 5.75 Å². The number of nitrogens with zero attached hydrogens (tertiary/aromatic N) is 1. The number of hydrogen-bond donors (Lipinski definition) is 2. The van der Waals surface area contributed by atoms with Crippen LogP contribution in [0.15, 0.2) is 40.8 Å². The van der Waals surface area contributed by atoms with Crippen LogP contribution in [0.1, 0.15) is 16.3 Å². The molecule has 0 aliphatic heterocycles. The van der Waals surface area contributed by atoms with E-state index in [0.29, 0.717) is 12.3 Å². The van der Waals surface area contributed by atoms with Gasteiger partial charge < -0.3 is 19.5 Å². The van der Waals surface area contributed by atoms with Crippen molar-refractivity contribution in [1.82, 2.24) is 0 Å². The molecule has 0 spiro atoms. The van der Waals surface area contributed by atoms with Crippen molar-refractivity contribution >= 4 is 11.7 Å². The second-order valence-electron chi connectivity index (χ2n) is 3.94. The zero-order valence-electron chi connectivity index (χ0n) is 9.83. The van der Waals surface area contributed by atoms with Crippen molar-refractivity contribution in [3.63, 3.8) is 0 Å². The molecule has 0 aliphatic rings. The number of carboxylic acid groups (broad SMARTS) is 1. The van der Waals surface area contributed by atoms with Crippen LogP contribution in [0.25, 0.3) is 0 Å². The van der Waals surface area contributed by atoms with Crippen LogP contribution in [-0.2, 0) is 6.54 Å². The van der Waals surface area contributed by atoms with Gasteiger partial charge in [0, 0.05) is 12.7 Å². The van der Waals surface area contributed by atoms with Crippen molar-refractivity contribution < 1.29 is 19.4 Å². The Kier molecular flexibility index (Phi) is 3.23. The Morgan fingerprint density at radius 2 is 1.89 bits per heavy atom. The Morgan fingerprint density at radius 3 is 2.44 bits per heavy atom. The van der Waals surface area contributed by atoms with Crippen LogP contribution in [0.4, 0.5) is 5.69 Å². The minimum atomic E-state index is -1.08. The summed E-state index contributed by atoms with van der Waals surface area (Å²) in [6.07, 6.45) is 0. The molecule has 0 fully saturated rings. The molecule has 2 aromatic rings. The van der Waals surface area contributed by atoms with E-state index < -0.39 is 5.97 Å². The highest BCUT2D eigenvalue weighted by molar-refractivity contribution is 5.84. The van der Waals surface area contributed by atoms with Gasteiger partial charge in [-0.2, -0.15) is 0 Å². The molecule has 0 atom stereocenters. The van der Waals surface area contributed by atoms with Gasteiger partial charge in [-0.3, -0.25) is 0 Å². The minimum absolute atomic E-state index is 0.0656. The average Bonchev–Trinajstić information content (AvgIpc) is 2.78. The highest BCUT2D eigenvalue weighted by Crippen LogP contribution is 2.19. The average molecular weight is 247 g/mol. The number of carbonyl (C=O) groups is 1. The zero-order chi connectivity index (χ0) is 13.1. The maximum absolute atomic E-state index is 10.7. The van der Waals surface area contributed by atoms with Gasteiger partial charge in [-0.25, -0.2) is 4.79 Å². The van der Waals surface area contributed by atoms with Crippen LogP contribution >= 0.6 is 0 Å². The van der Waals surface area contributed by atoms with E-state index in [4.69, 9.17) is 9.52 Å². The highest BCUT2D eigenvalue weighted by Gasteiger charge is 2.10. The predicted molar refractivity (Wildman–Crippen MR) is 65.9 cm³/mol. The molecule has 2 N–H and O–H groups in total. The lowest BCUT2D eigenvalue weighted by Crippen LogP contribution is -2.15. The van der Waals surface area contributed by atoms with Gasteiger partial charge in [0.25, 0.3) is 0 Å². The van der Waals surface area contributed by atoms with Gasteiger partial charge in [0.15, 0.2) is 0 Å². The molecule has 0 aliphatic carbocycles. The lowest BCUT2D eigenvalue weighted by Gasteiger charge is -2.17. The van der Waals surface area contributed by atoms with Gasteiger partial charge in [0.2, 0.25) is 5.76 Å². The van der Waals surface area contributed by atoms with Gasteiger partial charge in [0.05, 0.1) is 6.54 Å². The number of furan rings is 1. The van der Waals surface area contributed by atoms with Gasteiger partial charge in [-0.15, -0.1) is 0 Å². The number of aromatic hydroxyl groups is 1. The maximum atomic E-state index is 10.7. The molecule has 0 radical (unpaired) electrons. The predicted octanol–water partition coefficient (Wildman–Crippen LogP) is 2.32. The van der Waals surface area contributed by atoms with Gasteiger partial charge in [0.1, 0.15) is 11.5 Å². The first-order valence-corrected chi connectivity index (χ1v) is 5.38. The molecule has 94 valence electrons. The Morgan fingerprint density at radius 1 is 1.22 bits per heavy atom. The molecule has 1 aromatic carbocycles. The first-order chi connectivity index (χ1) is 8.56. The maximum Gasteiger partial charge on any atom is 0.371 e. The van der Waals surface area contributed by atoms with Crippen LogP contribution in [0.2, 0.25) is 0 Å². The Bertz CT molecular complexity index is 544. The standard InChI is InChI=1S/C13H13NO4/c1-14(9-2-4-10(15)5-3-9)8-11-6-7-12(18-11)13(16)17/h2-7,15H,8H2,1H3,(H,16,17). The summed E-state index contributed by atoms with van der Waals surface area (Å²) in [5.74, 6) is -0.362. The highest BCUT2D eigenvalue weighted by atomic mass is 16.4. The summed E-state index contributed by atoms with van der Waals surface area (Å²) in [5.41, 5.74) is 0.904. The van der Waals surface area contributed by atoms with E-state index in [1.54, 1.807) is 30.3 Å². The summed E-state index contributed by atoms with van der Waals surface area (Å²) in [6.45, 7) is 0.456. The third-order valence-electron chi connectivity index (χ3n) is 2.56. The number of hydrogen-bond acceptors (Lipinski definition) is 4. The number of benzene rings is 1. The van der Waals surface area contributed by atoms with Crippen molar-refractivity contribution in [1.29, 1.82) is 0 Å². The van der Waals surface area contributed by atoms with Gasteiger partial charge >= 0.3 is 5.97 Å². The van der Waals surface area contributed by atoms with E-state index in [0.717, 1.165) is 5.69 Å². The summed E-state index contributed by atoms with van der Waals surface area (Å²) >= 11 is 0. The third-order valence-corrected chi connectivity index (χ3v) is 2.56. The van der Waals surface area contributed by atoms with Crippen LogP contribution < -0.4 is 4.90 Å². The van der Waals surface area contributed by atoms with Crippen molar-refractivity contribution in [2.24, 2.45) is 0 Å². The fourth-order valence-corrected chi connectivity index (χ4v) is 1.61. The molecule has 0 saturated heterocycles. The molecule has 0 amide bonds. The van der Waals surface area contributed by atoms with Gasteiger partial charge in [-0.05, 0) is 36.4 Å². The summed E-state index contributed by atoms with van der Waals surface area (Å²) < 4.78 is 5.17. The molecule has 0 bridgehead atoms. The summed E-state index contributed by atoms with van der Waals surface area (Å²) in [6, 6.07) is 9.81. The van der Waals surface area contributed by atoms with Crippen molar-refractivity contribution in [2.75, 3.05) is 11.9 Å². The molecule has 5 heteroatoms. The minimum Gasteiger partial charge on any atom is -0.508 e. The van der Waals surface area contributed by atoms with E-state index in [-0.39, 0.29) is 11.5 Å². The molecule has 1 heterocycles. The SMILES string of the molecule is CN(Cc1ccc(C(=O)O)o1)c1ccc(O)cc1. The summed E-state index contributed by atoms with van der Waals surface area (Å²) in [7, 11) is 1.86. The first-order valence-electron chi connectivity index (χ1n) is 5.38. The van der Waals surface area contributed by atoms with E-state index in [1.165, 1.54) is 6.07 Å². The van der Waals surface area contributed by atoms with E-state index in [1.807, 2.05) is 11.9 Å². The van der Waals surface area contributed by atoms with Crippen molar-refractivity contribution in [3.8, 4) is 5.75 Å². The number of aromatic carboxylic acids is 1. The lowest BCUT2D eigenvalue weighted by molar-refractivity contribution is 0.0660. The monoisotopic (exact) mass is 247 g/mol. The van der Waals surface area contributed by atoms with E-state index >= 15 is 0 Å². The number of rotatable bonds is 4. The topological polar surface area (TPSA) is 73.9 Å². The Labute approximate surface area is 104 Å². The molecule has 1 aromatic heterocycles. The smallest absolute Gasteiger partial charge is 0.371 e. The van der Waals surface area contributed by atoms with Crippen LogP contribution in [0.3, 0.4) is 0 Å². The summed E-state index contributed by atoms with van der Waals surface area (Å²) in [5, 5.41) is 17.9. The first kappa shape index (κ1) is 12.0. The Balaban J connectivity index is 2.08. The zero-order valence-corrected chi connectivity index (χ0v) is 9.83. The molecular weight excluding hydrogens is 234 g/mol. The fraction of sp³-hybridized carbons (Fsp3) is 0.154. The molecule has 18 heavy (non-hydrogen) atoms. The van der Waals surface area contributed by atoms with Gasteiger partial charge in [-0.1, -0.05) is 0 Å². The number of phenolic OH excluding ortho intramolecular Hbond substituents is 1. The number of anilines is 1. The summed E-state index contributed by atoms with van der Waals surface area (Å²) in [4.78, 5) is 12.6. The second-order valence-corrected chi connectivity index (χ2v) is 3.94. The number of phenols is 1. The van der Waals surface area contributed by atoms with Crippen LogP contribution in [-0.4, -0.2) is 23.2 Å². The number of carboxylic acids is 1. The van der Waals surface area contributed by atoms with Crippen molar-refractivity contribution in [3.05, 3.63) is 47.9 Å². The van der Waals surface area contributed by atoms with Crippen molar-refractivity contribution in [2.45, 2.75) is 6.54 Å². The van der Waals surface area contributed by atoms with Crippen LogP contribution in [0, 0.1) is 0 Å². The van der Waals surface area contributed by atoms with E-state index in [2.05, 4.69) is 0 Å². The molecule has 2 rings (SSSR count). The molecule has 0 unspecified atom stereocenters. The second kappa shape index (κ2) is 4.83. The molecule has 0 saturated carbocycles. The van der Waals surface area contributed by atoms with E-state index in [9.17, 15) is 9.90 Å². The lowest BCUT2D eigenvalue weighted by atomic mass is 10.2.